The van der Waals surface area contributed by atoms with E-state index in [2.05, 4.69) is 24.1 Å². The number of amides is 1. The van der Waals surface area contributed by atoms with Crippen LogP contribution in [-0.2, 0) is 4.79 Å². The van der Waals surface area contributed by atoms with E-state index >= 15 is 0 Å². The summed E-state index contributed by atoms with van der Waals surface area (Å²) in [5.74, 6) is 1.03. The fraction of sp³-hybridized carbons (Fsp3) is 0.929. The summed E-state index contributed by atoms with van der Waals surface area (Å²) in [6.07, 6.45) is 3.32. The molecule has 1 N–H and O–H groups in total. The van der Waals surface area contributed by atoms with Crippen LogP contribution in [-0.4, -0.2) is 62.0 Å². The first-order chi connectivity index (χ1) is 8.71. The Bertz CT molecular complexity index is 245. The van der Waals surface area contributed by atoms with Crippen LogP contribution in [0, 0.1) is 5.92 Å². The molecule has 0 radical (unpaired) electrons. The molecule has 5 heteroatoms. The van der Waals surface area contributed by atoms with Gasteiger partial charge < -0.3 is 10.2 Å². The van der Waals surface area contributed by atoms with Gasteiger partial charge in [0.1, 0.15) is 0 Å². The fourth-order valence-corrected chi connectivity index (χ4v) is 2.70. The third kappa shape index (κ3) is 6.59. The molecule has 1 aliphatic heterocycles. The summed E-state index contributed by atoms with van der Waals surface area (Å²) in [7, 11) is 2.00. The fourth-order valence-electron chi connectivity index (χ4n) is 2.70. The molecule has 1 amide bonds. The van der Waals surface area contributed by atoms with Crippen molar-refractivity contribution in [2.24, 2.45) is 5.92 Å². The van der Waals surface area contributed by atoms with E-state index in [0.29, 0.717) is 18.4 Å². The van der Waals surface area contributed by atoms with Crippen LogP contribution in [0.5, 0.6) is 0 Å². The van der Waals surface area contributed by atoms with Crippen molar-refractivity contribution in [2.45, 2.75) is 33.1 Å². The monoisotopic (exact) mass is 291 g/mol. The zero-order valence-corrected chi connectivity index (χ0v) is 13.5. The van der Waals surface area contributed by atoms with Gasteiger partial charge in [-0.05, 0) is 45.3 Å². The van der Waals surface area contributed by atoms with Crippen molar-refractivity contribution in [1.82, 2.24) is 15.1 Å². The highest BCUT2D eigenvalue weighted by Gasteiger charge is 2.24. The van der Waals surface area contributed by atoms with E-state index in [4.69, 9.17) is 0 Å². The van der Waals surface area contributed by atoms with Gasteiger partial charge in [-0.25, -0.2) is 0 Å². The minimum Gasteiger partial charge on any atom is -0.342 e. The second kappa shape index (κ2) is 10.5. The highest BCUT2D eigenvalue weighted by Crippen LogP contribution is 2.15. The average Bonchev–Trinajstić information content (AvgIpc) is 2.77. The third-order valence-electron chi connectivity index (χ3n) is 3.56. The first-order valence-electron chi connectivity index (χ1n) is 7.35. The lowest BCUT2D eigenvalue weighted by Crippen LogP contribution is -2.40. The van der Waals surface area contributed by atoms with Crippen molar-refractivity contribution < 1.29 is 4.79 Å². The van der Waals surface area contributed by atoms with Gasteiger partial charge in [0.25, 0.3) is 0 Å². The Morgan fingerprint density at radius 2 is 1.95 bits per heavy atom. The van der Waals surface area contributed by atoms with Crippen molar-refractivity contribution in [3.05, 3.63) is 0 Å². The zero-order valence-electron chi connectivity index (χ0n) is 12.7. The number of rotatable bonds is 8. The Labute approximate surface area is 124 Å². The Hall–Kier alpha value is -0.320. The van der Waals surface area contributed by atoms with Crippen LogP contribution in [0.1, 0.15) is 33.1 Å². The molecule has 1 unspecified atom stereocenters. The number of carbonyl (C=O) groups excluding carboxylic acids is 1. The van der Waals surface area contributed by atoms with Gasteiger partial charge in [0.15, 0.2) is 0 Å². The lowest BCUT2D eigenvalue weighted by atomic mass is 10.1. The van der Waals surface area contributed by atoms with E-state index in [9.17, 15) is 4.79 Å². The predicted molar refractivity (Wildman–Crippen MR) is 82.9 cm³/mol. The van der Waals surface area contributed by atoms with Crippen molar-refractivity contribution >= 4 is 18.3 Å². The van der Waals surface area contributed by atoms with Crippen LogP contribution in [0.3, 0.4) is 0 Å². The number of carbonyl (C=O) groups is 1. The number of hydrogen-bond acceptors (Lipinski definition) is 3. The van der Waals surface area contributed by atoms with Gasteiger partial charge in [0.05, 0.1) is 6.54 Å². The lowest BCUT2D eigenvalue weighted by molar-refractivity contribution is -0.132. The van der Waals surface area contributed by atoms with Gasteiger partial charge in [0.2, 0.25) is 5.91 Å². The van der Waals surface area contributed by atoms with E-state index in [1.165, 1.54) is 6.42 Å². The molecule has 0 aromatic carbocycles. The molecule has 1 heterocycles. The molecular weight excluding hydrogens is 262 g/mol. The van der Waals surface area contributed by atoms with Crippen molar-refractivity contribution in [2.75, 3.05) is 46.3 Å². The molecule has 114 valence electrons. The molecule has 1 fully saturated rings. The molecule has 0 aromatic heterocycles. The summed E-state index contributed by atoms with van der Waals surface area (Å²) in [4.78, 5) is 16.5. The standard InChI is InChI=1S/C14H29N3O.ClH/c1-4-7-17(8-5-2)14(18)12-16-9-6-13(11-16)10-15-3;/h13,15H,4-12H2,1-3H3;1H. The molecule has 1 rings (SSSR count). The highest BCUT2D eigenvalue weighted by atomic mass is 35.5. The molecule has 0 spiro atoms. The quantitative estimate of drug-likeness (QED) is 0.738. The number of nitrogens with one attached hydrogen (secondary N) is 1. The minimum atomic E-state index is 0. The van der Waals surface area contributed by atoms with E-state index < -0.39 is 0 Å². The maximum atomic E-state index is 12.2. The largest absolute Gasteiger partial charge is 0.342 e. The molecule has 0 saturated carbocycles. The van der Waals surface area contributed by atoms with Crippen LogP contribution >= 0.6 is 12.4 Å². The first-order valence-corrected chi connectivity index (χ1v) is 7.35. The van der Waals surface area contributed by atoms with E-state index in [-0.39, 0.29) is 12.4 Å². The van der Waals surface area contributed by atoms with E-state index in [1.54, 1.807) is 0 Å². The molecule has 1 saturated heterocycles. The second-order valence-corrected chi connectivity index (χ2v) is 5.33. The minimum absolute atomic E-state index is 0. The molecule has 1 aliphatic rings. The summed E-state index contributed by atoms with van der Waals surface area (Å²) >= 11 is 0. The lowest BCUT2D eigenvalue weighted by Gasteiger charge is -2.24. The van der Waals surface area contributed by atoms with Crippen LogP contribution in [0.2, 0.25) is 0 Å². The molecular formula is C14H30ClN3O. The van der Waals surface area contributed by atoms with Crippen LogP contribution < -0.4 is 5.32 Å². The highest BCUT2D eigenvalue weighted by molar-refractivity contribution is 5.85. The van der Waals surface area contributed by atoms with Gasteiger partial charge in [-0.1, -0.05) is 13.8 Å². The Morgan fingerprint density at radius 1 is 1.32 bits per heavy atom. The molecule has 0 bridgehead atoms. The Kier molecular flexibility index (Phi) is 10.3. The average molecular weight is 292 g/mol. The first kappa shape index (κ1) is 18.7. The third-order valence-corrected chi connectivity index (χ3v) is 3.56. The molecule has 19 heavy (non-hydrogen) atoms. The maximum absolute atomic E-state index is 12.2. The Balaban J connectivity index is 0.00000324. The zero-order chi connectivity index (χ0) is 13.4. The summed E-state index contributed by atoms with van der Waals surface area (Å²) in [6, 6.07) is 0. The smallest absolute Gasteiger partial charge is 0.236 e. The van der Waals surface area contributed by atoms with Gasteiger partial charge >= 0.3 is 0 Å². The summed E-state index contributed by atoms with van der Waals surface area (Å²) in [5.41, 5.74) is 0. The SMILES string of the molecule is CCCN(CCC)C(=O)CN1CCC(CNC)C1.Cl. The van der Waals surface area contributed by atoms with Crippen LogP contribution in [0.25, 0.3) is 0 Å². The van der Waals surface area contributed by atoms with E-state index in [0.717, 1.165) is 45.6 Å². The number of hydrogen-bond donors (Lipinski definition) is 1. The molecule has 0 aromatic rings. The van der Waals surface area contributed by atoms with Crippen molar-refractivity contribution in [3.8, 4) is 0 Å². The number of halogens is 1. The maximum Gasteiger partial charge on any atom is 0.236 e. The molecule has 0 aliphatic carbocycles. The van der Waals surface area contributed by atoms with Gasteiger partial charge in [-0.2, -0.15) is 0 Å². The van der Waals surface area contributed by atoms with Crippen molar-refractivity contribution in [3.63, 3.8) is 0 Å². The summed E-state index contributed by atoms with van der Waals surface area (Å²) in [5, 5.41) is 3.22. The van der Waals surface area contributed by atoms with Crippen molar-refractivity contribution in [1.29, 1.82) is 0 Å². The van der Waals surface area contributed by atoms with E-state index in [1.807, 2.05) is 11.9 Å². The normalized spacial score (nSPS) is 19.2. The van der Waals surface area contributed by atoms with Gasteiger partial charge in [-0.15, -0.1) is 12.4 Å². The Morgan fingerprint density at radius 3 is 2.47 bits per heavy atom. The van der Waals surface area contributed by atoms with Crippen LogP contribution in [0.4, 0.5) is 0 Å². The number of likely N-dealkylation sites (tertiary alicyclic amines) is 1. The number of nitrogens with zero attached hydrogens (tertiary/aromatic N) is 2. The summed E-state index contributed by atoms with van der Waals surface area (Å²) in [6.45, 7) is 9.89. The predicted octanol–water partition coefficient (Wildman–Crippen LogP) is 1.60. The van der Waals surface area contributed by atoms with Gasteiger partial charge in [-0.3, -0.25) is 9.69 Å². The van der Waals surface area contributed by atoms with Crippen LogP contribution in [0.15, 0.2) is 0 Å². The van der Waals surface area contributed by atoms with Gasteiger partial charge in [0, 0.05) is 19.6 Å². The molecule has 1 atom stereocenters. The molecule has 4 nitrogen and oxygen atoms in total. The topological polar surface area (TPSA) is 35.6 Å². The summed E-state index contributed by atoms with van der Waals surface area (Å²) < 4.78 is 0. The second-order valence-electron chi connectivity index (χ2n) is 5.33.